The van der Waals surface area contributed by atoms with Crippen LogP contribution in [0.4, 0.5) is 4.79 Å². The van der Waals surface area contributed by atoms with Gasteiger partial charge < -0.3 is 10.7 Å². The van der Waals surface area contributed by atoms with Crippen LogP contribution < -0.4 is 11.2 Å². The molecule has 0 fully saturated rings. The van der Waals surface area contributed by atoms with Crippen molar-refractivity contribution in [2.24, 2.45) is 10.8 Å². The maximum absolute atomic E-state index is 10.4. The number of carbonyl (C=O) groups excluding carboxylic acids is 1. The molecule has 2 amide bonds. The monoisotopic (exact) mass is 216 g/mol. The highest BCUT2D eigenvalue weighted by atomic mass is 16.2. The fourth-order valence-corrected chi connectivity index (χ4v) is 1.55. The molecule has 16 heavy (non-hydrogen) atoms. The summed E-state index contributed by atoms with van der Waals surface area (Å²) in [5.41, 5.74) is 9.25. The van der Waals surface area contributed by atoms with Crippen molar-refractivity contribution in [1.29, 1.82) is 0 Å². The van der Waals surface area contributed by atoms with Gasteiger partial charge >= 0.3 is 6.03 Å². The summed E-state index contributed by atoms with van der Waals surface area (Å²) in [5.74, 6) is 0. The van der Waals surface area contributed by atoms with Crippen molar-refractivity contribution in [1.82, 2.24) is 10.4 Å². The van der Waals surface area contributed by atoms with Crippen LogP contribution in [0.5, 0.6) is 0 Å². The first-order valence-electron chi connectivity index (χ1n) is 4.89. The Hall–Kier alpha value is -2.30. The highest BCUT2D eigenvalue weighted by molar-refractivity contribution is 5.85. The number of aromatic amines is 1. The van der Waals surface area contributed by atoms with Crippen molar-refractivity contribution in [3.05, 3.63) is 36.0 Å². The molecule has 2 rings (SSSR count). The van der Waals surface area contributed by atoms with Gasteiger partial charge in [-0.1, -0.05) is 18.2 Å². The summed E-state index contributed by atoms with van der Waals surface area (Å²) >= 11 is 0. The second-order valence-corrected chi connectivity index (χ2v) is 3.35. The van der Waals surface area contributed by atoms with Crippen LogP contribution in [-0.2, 0) is 6.42 Å². The molecule has 5 nitrogen and oxygen atoms in total. The first kappa shape index (κ1) is 10.2. The summed E-state index contributed by atoms with van der Waals surface area (Å²) < 4.78 is 0. The van der Waals surface area contributed by atoms with E-state index in [2.05, 4.69) is 15.5 Å². The van der Waals surface area contributed by atoms with E-state index < -0.39 is 6.03 Å². The Kier molecular flexibility index (Phi) is 2.86. The number of nitrogens with one attached hydrogen (secondary N) is 2. The van der Waals surface area contributed by atoms with Crippen molar-refractivity contribution >= 4 is 23.1 Å². The minimum absolute atomic E-state index is 0.643. The van der Waals surface area contributed by atoms with Gasteiger partial charge in [0.2, 0.25) is 0 Å². The number of rotatable bonds is 3. The van der Waals surface area contributed by atoms with E-state index in [1.54, 1.807) is 6.21 Å². The number of primary amides is 1. The molecule has 1 aromatic carbocycles. The summed E-state index contributed by atoms with van der Waals surface area (Å²) in [5, 5.41) is 4.85. The van der Waals surface area contributed by atoms with Gasteiger partial charge in [0.25, 0.3) is 0 Å². The molecular formula is C11H12N4O. The number of carbonyl (C=O) groups is 1. The predicted octanol–water partition coefficient (Wildman–Crippen LogP) is 1.36. The molecular weight excluding hydrogens is 204 g/mol. The second kappa shape index (κ2) is 4.48. The number of H-pyrrole nitrogens is 1. The minimum Gasteiger partial charge on any atom is -0.361 e. The average molecular weight is 216 g/mol. The standard InChI is InChI=1S/C11H12N4O/c12-11(16)15-14-6-5-8-7-13-10-4-2-1-3-9(8)10/h1-4,6-7,13H,5H2,(H3,12,15,16)/b14-6+. The molecule has 0 aliphatic rings. The van der Waals surface area contributed by atoms with Crippen LogP contribution in [-0.4, -0.2) is 17.2 Å². The number of nitrogens with zero attached hydrogens (tertiary/aromatic N) is 1. The molecule has 0 radical (unpaired) electrons. The molecule has 0 saturated carbocycles. The summed E-state index contributed by atoms with van der Waals surface area (Å²) in [6.07, 6.45) is 4.19. The van der Waals surface area contributed by atoms with Gasteiger partial charge in [-0.05, 0) is 11.6 Å². The summed E-state index contributed by atoms with van der Waals surface area (Å²) in [6, 6.07) is 7.35. The number of hydrazone groups is 1. The summed E-state index contributed by atoms with van der Waals surface area (Å²) in [6.45, 7) is 0. The van der Waals surface area contributed by atoms with Crippen LogP contribution in [0, 0.1) is 0 Å². The minimum atomic E-state index is -0.657. The van der Waals surface area contributed by atoms with Crippen molar-refractivity contribution in [2.45, 2.75) is 6.42 Å². The number of hydrogen-bond acceptors (Lipinski definition) is 2. The zero-order valence-electron chi connectivity index (χ0n) is 8.60. The maximum Gasteiger partial charge on any atom is 0.332 e. The van der Waals surface area contributed by atoms with Crippen LogP contribution in [0.2, 0.25) is 0 Å². The Balaban J connectivity index is 2.10. The Morgan fingerprint density at radius 3 is 3.12 bits per heavy atom. The molecule has 4 N–H and O–H groups in total. The highest BCUT2D eigenvalue weighted by Crippen LogP contribution is 2.17. The molecule has 1 heterocycles. The number of para-hydroxylation sites is 1. The molecule has 0 atom stereocenters. The number of aromatic nitrogens is 1. The van der Waals surface area contributed by atoms with Crippen LogP contribution in [0.25, 0.3) is 10.9 Å². The third-order valence-electron chi connectivity index (χ3n) is 2.25. The van der Waals surface area contributed by atoms with Crippen LogP contribution in [0.15, 0.2) is 35.6 Å². The van der Waals surface area contributed by atoms with Crippen LogP contribution in [0.1, 0.15) is 5.56 Å². The van der Waals surface area contributed by atoms with Gasteiger partial charge in [-0.25, -0.2) is 10.2 Å². The smallest absolute Gasteiger partial charge is 0.332 e. The zero-order chi connectivity index (χ0) is 11.4. The lowest BCUT2D eigenvalue weighted by Crippen LogP contribution is -2.24. The lowest BCUT2D eigenvalue weighted by molar-refractivity contribution is 0.249. The van der Waals surface area contributed by atoms with E-state index in [1.165, 1.54) is 0 Å². The van der Waals surface area contributed by atoms with E-state index >= 15 is 0 Å². The number of urea groups is 1. The third-order valence-corrected chi connectivity index (χ3v) is 2.25. The van der Waals surface area contributed by atoms with Gasteiger partial charge in [-0.3, -0.25) is 0 Å². The molecule has 2 aromatic rings. The first-order chi connectivity index (χ1) is 7.77. The van der Waals surface area contributed by atoms with Gasteiger partial charge in [0.1, 0.15) is 0 Å². The van der Waals surface area contributed by atoms with Crippen LogP contribution >= 0.6 is 0 Å². The maximum atomic E-state index is 10.4. The van der Waals surface area contributed by atoms with Gasteiger partial charge in [0, 0.05) is 29.7 Å². The summed E-state index contributed by atoms with van der Waals surface area (Å²) in [7, 11) is 0. The average Bonchev–Trinajstić information content (AvgIpc) is 2.68. The Morgan fingerprint density at radius 1 is 1.50 bits per heavy atom. The SMILES string of the molecule is NC(=O)N/N=C/Cc1c[nH]c2ccccc12. The van der Waals surface area contributed by atoms with Gasteiger partial charge in [-0.2, -0.15) is 5.10 Å². The van der Waals surface area contributed by atoms with Gasteiger partial charge in [-0.15, -0.1) is 0 Å². The second-order valence-electron chi connectivity index (χ2n) is 3.35. The van der Waals surface area contributed by atoms with E-state index in [0.717, 1.165) is 16.5 Å². The lowest BCUT2D eigenvalue weighted by Gasteiger charge is -1.93. The van der Waals surface area contributed by atoms with Gasteiger partial charge in [0.05, 0.1) is 0 Å². The molecule has 0 aliphatic heterocycles. The highest BCUT2D eigenvalue weighted by Gasteiger charge is 2.00. The van der Waals surface area contributed by atoms with E-state index in [1.807, 2.05) is 30.5 Å². The van der Waals surface area contributed by atoms with E-state index in [9.17, 15) is 4.79 Å². The quantitative estimate of drug-likeness (QED) is 0.525. The zero-order valence-corrected chi connectivity index (χ0v) is 8.60. The summed E-state index contributed by atoms with van der Waals surface area (Å²) in [4.78, 5) is 13.5. The molecule has 82 valence electrons. The number of nitrogens with two attached hydrogens (primary N) is 1. The van der Waals surface area contributed by atoms with E-state index in [0.29, 0.717) is 6.42 Å². The lowest BCUT2D eigenvalue weighted by atomic mass is 10.1. The predicted molar refractivity (Wildman–Crippen MR) is 63.2 cm³/mol. The molecule has 0 spiro atoms. The number of amides is 2. The van der Waals surface area contributed by atoms with Crippen LogP contribution in [0.3, 0.4) is 0 Å². The van der Waals surface area contributed by atoms with Crippen molar-refractivity contribution in [3.8, 4) is 0 Å². The van der Waals surface area contributed by atoms with Crippen molar-refractivity contribution in [3.63, 3.8) is 0 Å². The Morgan fingerprint density at radius 2 is 2.31 bits per heavy atom. The molecule has 0 aliphatic carbocycles. The van der Waals surface area contributed by atoms with E-state index in [-0.39, 0.29) is 0 Å². The topological polar surface area (TPSA) is 83.3 Å². The number of hydrogen-bond donors (Lipinski definition) is 3. The van der Waals surface area contributed by atoms with E-state index in [4.69, 9.17) is 5.73 Å². The molecule has 0 unspecified atom stereocenters. The van der Waals surface area contributed by atoms with Crippen molar-refractivity contribution in [2.75, 3.05) is 0 Å². The molecule has 0 bridgehead atoms. The third kappa shape index (κ3) is 2.20. The van der Waals surface area contributed by atoms with Gasteiger partial charge in [0.15, 0.2) is 0 Å². The molecule has 5 heteroatoms. The fraction of sp³-hybridized carbons (Fsp3) is 0.0909. The van der Waals surface area contributed by atoms with Crippen molar-refractivity contribution < 1.29 is 4.79 Å². The molecule has 1 aromatic heterocycles. The largest absolute Gasteiger partial charge is 0.361 e. The number of fused-ring (bicyclic) bond motifs is 1. The Bertz CT molecular complexity index is 530. The molecule has 0 saturated heterocycles. The number of benzene rings is 1. The normalized spacial score (nSPS) is 11.0. The fourth-order valence-electron chi connectivity index (χ4n) is 1.55. The Labute approximate surface area is 92.3 Å². The first-order valence-corrected chi connectivity index (χ1v) is 4.89.